The van der Waals surface area contributed by atoms with Gasteiger partial charge >= 0.3 is 6.09 Å². The first-order valence-electron chi connectivity index (χ1n) is 9.41. The second-order valence-electron chi connectivity index (χ2n) is 7.74. The lowest BCUT2D eigenvalue weighted by atomic mass is 10.1. The lowest BCUT2D eigenvalue weighted by Gasteiger charge is -2.35. The topological polar surface area (TPSA) is 79.0 Å². The number of carbonyl (C=O) groups is 3. The van der Waals surface area contributed by atoms with Crippen molar-refractivity contribution in [2.75, 3.05) is 32.7 Å². The van der Waals surface area contributed by atoms with Gasteiger partial charge in [0.2, 0.25) is 11.8 Å². The van der Waals surface area contributed by atoms with Crippen LogP contribution in [0.2, 0.25) is 0 Å². The summed E-state index contributed by atoms with van der Waals surface area (Å²) in [4.78, 5) is 39.7. The Morgan fingerprint density at radius 2 is 1.54 bits per heavy atom. The van der Waals surface area contributed by atoms with Gasteiger partial charge in [0, 0.05) is 37.1 Å². The zero-order valence-corrected chi connectivity index (χ0v) is 18.3. The zero-order chi connectivity index (χ0) is 20.7. The molecular formula is C20H28BrN3O4. The molecule has 8 heteroatoms. The molecule has 0 atom stereocenters. The van der Waals surface area contributed by atoms with E-state index in [0.717, 1.165) is 10.0 Å². The molecule has 1 aliphatic heterocycles. The van der Waals surface area contributed by atoms with E-state index in [1.54, 1.807) is 30.6 Å². The molecule has 1 heterocycles. The minimum atomic E-state index is -0.609. The SMILES string of the molecule is CC(C)(C)OC(=O)NCC(=O)N1CCN(C(=O)CCc2ccc(Br)cc2)CC1. The largest absolute Gasteiger partial charge is 0.444 e. The van der Waals surface area contributed by atoms with Crippen LogP contribution < -0.4 is 5.32 Å². The van der Waals surface area contributed by atoms with E-state index in [4.69, 9.17) is 4.74 Å². The molecular weight excluding hydrogens is 426 g/mol. The average molecular weight is 454 g/mol. The van der Waals surface area contributed by atoms with Crippen molar-refractivity contribution in [3.8, 4) is 0 Å². The van der Waals surface area contributed by atoms with E-state index < -0.39 is 11.7 Å². The highest BCUT2D eigenvalue weighted by molar-refractivity contribution is 9.10. The molecule has 0 saturated carbocycles. The Kier molecular flexibility index (Phi) is 7.86. The number of carbonyl (C=O) groups excluding carboxylic acids is 3. The molecule has 3 amide bonds. The molecule has 1 saturated heterocycles. The zero-order valence-electron chi connectivity index (χ0n) is 16.7. The van der Waals surface area contributed by atoms with E-state index >= 15 is 0 Å². The van der Waals surface area contributed by atoms with Gasteiger partial charge in [-0.05, 0) is 44.9 Å². The predicted octanol–water partition coefficient (Wildman–Crippen LogP) is 2.58. The van der Waals surface area contributed by atoms with Crippen LogP contribution in [0.25, 0.3) is 0 Å². The fraction of sp³-hybridized carbons (Fsp3) is 0.550. The normalized spacial score (nSPS) is 14.6. The summed E-state index contributed by atoms with van der Waals surface area (Å²) in [6.45, 7) is 7.16. The monoisotopic (exact) mass is 453 g/mol. The van der Waals surface area contributed by atoms with Gasteiger partial charge in [-0.25, -0.2) is 4.79 Å². The van der Waals surface area contributed by atoms with E-state index in [0.29, 0.717) is 39.0 Å². The average Bonchev–Trinajstić information content (AvgIpc) is 2.64. The number of hydrogen-bond acceptors (Lipinski definition) is 4. The number of piperazine rings is 1. The van der Waals surface area contributed by atoms with Gasteiger partial charge in [0.05, 0.1) is 0 Å². The molecule has 0 bridgehead atoms. The number of halogens is 1. The maximum atomic E-state index is 12.4. The van der Waals surface area contributed by atoms with Crippen LogP contribution in [0.5, 0.6) is 0 Å². The number of ether oxygens (including phenoxy) is 1. The summed E-state index contributed by atoms with van der Waals surface area (Å²) in [6.07, 6.45) is 0.545. The molecule has 154 valence electrons. The van der Waals surface area contributed by atoms with Gasteiger partial charge in [0.1, 0.15) is 12.1 Å². The number of nitrogens with one attached hydrogen (secondary N) is 1. The van der Waals surface area contributed by atoms with Gasteiger partial charge in [-0.3, -0.25) is 9.59 Å². The van der Waals surface area contributed by atoms with Crippen LogP contribution in [-0.4, -0.2) is 66.0 Å². The van der Waals surface area contributed by atoms with Gasteiger partial charge in [0.25, 0.3) is 0 Å². The maximum absolute atomic E-state index is 12.4. The molecule has 1 aromatic rings. The summed E-state index contributed by atoms with van der Waals surface area (Å²) in [5, 5.41) is 2.48. The van der Waals surface area contributed by atoms with Crippen molar-refractivity contribution in [3.05, 3.63) is 34.3 Å². The molecule has 1 aromatic carbocycles. The lowest BCUT2D eigenvalue weighted by molar-refractivity contribution is -0.139. The molecule has 1 aliphatic rings. The summed E-state index contributed by atoms with van der Waals surface area (Å²) < 4.78 is 6.14. The van der Waals surface area contributed by atoms with E-state index in [1.807, 2.05) is 24.3 Å². The summed E-state index contributed by atoms with van der Waals surface area (Å²) in [6, 6.07) is 7.95. The van der Waals surface area contributed by atoms with Gasteiger partial charge < -0.3 is 19.9 Å². The predicted molar refractivity (Wildman–Crippen MR) is 110 cm³/mol. The van der Waals surface area contributed by atoms with Crippen LogP contribution >= 0.6 is 15.9 Å². The van der Waals surface area contributed by atoms with Crippen molar-refractivity contribution in [3.63, 3.8) is 0 Å². The van der Waals surface area contributed by atoms with Gasteiger partial charge in [-0.2, -0.15) is 0 Å². The van der Waals surface area contributed by atoms with Gasteiger partial charge in [-0.1, -0.05) is 28.1 Å². The smallest absolute Gasteiger partial charge is 0.408 e. The van der Waals surface area contributed by atoms with Crippen LogP contribution in [0.1, 0.15) is 32.8 Å². The second-order valence-corrected chi connectivity index (χ2v) is 8.66. The molecule has 0 aromatic heterocycles. The first-order valence-corrected chi connectivity index (χ1v) is 10.2. The number of hydrogen-bond donors (Lipinski definition) is 1. The molecule has 0 radical (unpaired) electrons. The number of benzene rings is 1. The molecule has 0 aliphatic carbocycles. The van der Waals surface area contributed by atoms with Crippen molar-refractivity contribution < 1.29 is 19.1 Å². The highest BCUT2D eigenvalue weighted by Crippen LogP contribution is 2.13. The maximum Gasteiger partial charge on any atom is 0.408 e. The summed E-state index contributed by atoms with van der Waals surface area (Å²) in [5.41, 5.74) is 0.522. The molecule has 7 nitrogen and oxygen atoms in total. The van der Waals surface area contributed by atoms with E-state index in [-0.39, 0.29) is 18.4 Å². The van der Waals surface area contributed by atoms with Crippen LogP contribution in [0.4, 0.5) is 4.79 Å². The first kappa shape index (κ1) is 22.2. The Labute approximate surface area is 174 Å². The summed E-state index contributed by atoms with van der Waals surface area (Å²) in [5.74, 6) is -0.0743. The van der Waals surface area contributed by atoms with Gasteiger partial charge in [-0.15, -0.1) is 0 Å². The first-order chi connectivity index (χ1) is 13.1. The number of nitrogens with zero attached hydrogens (tertiary/aromatic N) is 2. The minimum Gasteiger partial charge on any atom is -0.444 e. The third-order valence-electron chi connectivity index (χ3n) is 4.31. The van der Waals surface area contributed by atoms with E-state index in [2.05, 4.69) is 21.2 Å². The van der Waals surface area contributed by atoms with Crippen molar-refractivity contribution in [2.45, 2.75) is 39.2 Å². The van der Waals surface area contributed by atoms with Crippen LogP contribution in [-0.2, 0) is 20.7 Å². The van der Waals surface area contributed by atoms with E-state index in [9.17, 15) is 14.4 Å². The molecule has 2 rings (SSSR count). The number of rotatable bonds is 5. The van der Waals surface area contributed by atoms with Crippen LogP contribution in [0, 0.1) is 0 Å². The molecule has 28 heavy (non-hydrogen) atoms. The van der Waals surface area contributed by atoms with Crippen molar-refractivity contribution in [1.29, 1.82) is 0 Å². The van der Waals surface area contributed by atoms with Crippen molar-refractivity contribution >= 4 is 33.8 Å². The fourth-order valence-electron chi connectivity index (χ4n) is 2.84. The van der Waals surface area contributed by atoms with Crippen molar-refractivity contribution in [2.24, 2.45) is 0 Å². The third-order valence-corrected chi connectivity index (χ3v) is 4.84. The van der Waals surface area contributed by atoms with Crippen LogP contribution in [0.15, 0.2) is 28.7 Å². The molecule has 1 fully saturated rings. The highest BCUT2D eigenvalue weighted by Gasteiger charge is 2.24. The quantitative estimate of drug-likeness (QED) is 0.742. The fourth-order valence-corrected chi connectivity index (χ4v) is 3.10. The Bertz CT molecular complexity index is 692. The lowest BCUT2D eigenvalue weighted by Crippen LogP contribution is -2.52. The Morgan fingerprint density at radius 3 is 2.07 bits per heavy atom. The third kappa shape index (κ3) is 7.50. The Hall–Kier alpha value is -2.09. The Morgan fingerprint density at radius 1 is 1.00 bits per heavy atom. The highest BCUT2D eigenvalue weighted by atomic mass is 79.9. The van der Waals surface area contributed by atoms with Crippen LogP contribution in [0.3, 0.4) is 0 Å². The number of aryl methyl sites for hydroxylation is 1. The minimum absolute atomic E-state index is 0.0990. The van der Waals surface area contributed by atoms with E-state index in [1.165, 1.54) is 0 Å². The number of alkyl carbamates (subject to hydrolysis) is 1. The molecule has 0 spiro atoms. The summed E-state index contributed by atoms with van der Waals surface area (Å²) in [7, 11) is 0. The summed E-state index contributed by atoms with van der Waals surface area (Å²) >= 11 is 3.40. The molecule has 0 unspecified atom stereocenters. The standard InChI is InChI=1S/C20H28BrN3O4/c1-20(2,3)28-19(27)22-14-18(26)24-12-10-23(11-13-24)17(25)9-6-15-4-7-16(21)8-5-15/h4-5,7-8H,6,9-14H2,1-3H3,(H,22,27). The molecule has 1 N–H and O–H groups in total. The second kappa shape index (κ2) is 9.91. The van der Waals surface area contributed by atoms with Crippen molar-refractivity contribution in [1.82, 2.24) is 15.1 Å². The number of amides is 3. The van der Waals surface area contributed by atoms with Gasteiger partial charge in [0.15, 0.2) is 0 Å². The Balaban J connectivity index is 1.69.